The fraction of sp³-hybridized carbons (Fsp3) is 0.650. The molecule has 164 valence electrons. The third-order valence-electron chi connectivity index (χ3n) is 5.69. The van der Waals surface area contributed by atoms with Crippen molar-refractivity contribution in [2.24, 2.45) is 10.9 Å². The molecule has 2 fully saturated rings. The van der Waals surface area contributed by atoms with E-state index in [1.165, 1.54) is 30.3 Å². The molecule has 0 radical (unpaired) electrons. The van der Waals surface area contributed by atoms with E-state index in [1.807, 2.05) is 0 Å². The predicted molar refractivity (Wildman–Crippen MR) is 131 cm³/mol. The summed E-state index contributed by atoms with van der Waals surface area (Å²) in [5.74, 6) is 1.05. The van der Waals surface area contributed by atoms with Gasteiger partial charge in [0.2, 0.25) is 10.0 Å². The molecule has 2 aliphatic rings. The number of sulfonamides is 1. The fourth-order valence-electron chi connectivity index (χ4n) is 3.96. The van der Waals surface area contributed by atoms with Crippen LogP contribution in [0.3, 0.4) is 0 Å². The molecule has 1 aromatic carbocycles. The first-order valence-corrected chi connectivity index (χ1v) is 12.0. The van der Waals surface area contributed by atoms with Crippen LogP contribution in [0.15, 0.2) is 29.3 Å². The third-order valence-corrected chi connectivity index (χ3v) is 6.96. The minimum absolute atomic E-state index is 0. The molecule has 2 saturated heterocycles. The standard InChI is InChI=1S/C20H33N5O2S.HI/c1-16(18-7-6-8-19(13-18)24-10-4-5-11-24)23-20(21-2)22-14-17-9-12-25(15-17)28(3,26)27;/h6-8,13,16-17H,4-5,9-12,14-15H2,1-3H3,(H2,21,22,23);1H. The Hall–Kier alpha value is -1.07. The Bertz CT molecular complexity index is 796. The van der Waals surface area contributed by atoms with Crippen LogP contribution in [0.4, 0.5) is 5.69 Å². The van der Waals surface area contributed by atoms with E-state index in [4.69, 9.17) is 0 Å². The maximum absolute atomic E-state index is 11.7. The number of aliphatic imine (C=N–C) groups is 1. The summed E-state index contributed by atoms with van der Waals surface area (Å²) < 4.78 is 24.9. The van der Waals surface area contributed by atoms with E-state index in [0.29, 0.717) is 25.6 Å². The highest BCUT2D eigenvalue weighted by atomic mass is 127. The van der Waals surface area contributed by atoms with E-state index in [9.17, 15) is 8.42 Å². The molecule has 9 heteroatoms. The summed E-state index contributed by atoms with van der Waals surface area (Å²) in [6.07, 6.45) is 4.70. The third kappa shape index (κ3) is 6.71. The average molecular weight is 535 g/mol. The first-order valence-electron chi connectivity index (χ1n) is 10.1. The number of guanidine groups is 1. The van der Waals surface area contributed by atoms with Crippen LogP contribution < -0.4 is 15.5 Å². The van der Waals surface area contributed by atoms with Crippen LogP contribution in [0, 0.1) is 5.92 Å². The molecule has 2 N–H and O–H groups in total. The molecule has 0 saturated carbocycles. The summed E-state index contributed by atoms with van der Waals surface area (Å²) >= 11 is 0. The molecule has 0 spiro atoms. The molecule has 29 heavy (non-hydrogen) atoms. The molecule has 2 atom stereocenters. The van der Waals surface area contributed by atoms with Crippen molar-refractivity contribution in [1.82, 2.24) is 14.9 Å². The van der Waals surface area contributed by atoms with Crippen molar-refractivity contribution in [2.45, 2.75) is 32.2 Å². The number of nitrogens with zero attached hydrogens (tertiary/aromatic N) is 3. The van der Waals surface area contributed by atoms with Crippen molar-refractivity contribution in [3.8, 4) is 0 Å². The van der Waals surface area contributed by atoms with Crippen molar-refractivity contribution in [3.05, 3.63) is 29.8 Å². The monoisotopic (exact) mass is 535 g/mol. The number of hydrogen-bond acceptors (Lipinski definition) is 4. The normalized spacial score (nSPS) is 21.7. The molecule has 3 rings (SSSR count). The Balaban J connectivity index is 0.00000300. The lowest BCUT2D eigenvalue weighted by molar-refractivity contribution is 0.458. The van der Waals surface area contributed by atoms with Crippen molar-refractivity contribution >= 4 is 45.6 Å². The molecule has 7 nitrogen and oxygen atoms in total. The van der Waals surface area contributed by atoms with Crippen molar-refractivity contribution in [3.63, 3.8) is 0 Å². The highest BCUT2D eigenvalue weighted by Crippen LogP contribution is 2.24. The van der Waals surface area contributed by atoms with Crippen LogP contribution in [0.25, 0.3) is 0 Å². The number of nitrogens with one attached hydrogen (secondary N) is 2. The van der Waals surface area contributed by atoms with E-state index < -0.39 is 10.0 Å². The van der Waals surface area contributed by atoms with Crippen LogP contribution in [-0.4, -0.2) is 64.7 Å². The molecule has 2 heterocycles. The lowest BCUT2D eigenvalue weighted by Gasteiger charge is -2.22. The van der Waals surface area contributed by atoms with Crippen molar-refractivity contribution in [2.75, 3.05) is 50.9 Å². The largest absolute Gasteiger partial charge is 0.372 e. The van der Waals surface area contributed by atoms with Crippen molar-refractivity contribution in [1.29, 1.82) is 0 Å². The Labute approximate surface area is 192 Å². The van der Waals surface area contributed by atoms with Crippen LogP contribution in [0.1, 0.15) is 37.8 Å². The van der Waals surface area contributed by atoms with Crippen LogP contribution >= 0.6 is 24.0 Å². The average Bonchev–Trinajstić information content (AvgIpc) is 3.36. The zero-order valence-electron chi connectivity index (χ0n) is 17.6. The van der Waals surface area contributed by atoms with Crippen LogP contribution in [0.5, 0.6) is 0 Å². The topological polar surface area (TPSA) is 77.0 Å². The van der Waals surface area contributed by atoms with E-state index in [0.717, 1.165) is 25.5 Å². The zero-order valence-corrected chi connectivity index (χ0v) is 20.7. The summed E-state index contributed by atoms with van der Waals surface area (Å²) in [7, 11) is -1.33. The van der Waals surface area contributed by atoms with E-state index >= 15 is 0 Å². The Morgan fingerprint density at radius 3 is 2.62 bits per heavy atom. The molecule has 2 aliphatic heterocycles. The van der Waals surface area contributed by atoms with Gasteiger partial charge in [0.25, 0.3) is 0 Å². The minimum Gasteiger partial charge on any atom is -0.372 e. The van der Waals surface area contributed by atoms with Crippen LogP contribution in [0.2, 0.25) is 0 Å². The second kappa shape index (κ2) is 10.8. The molecule has 1 aromatic rings. The predicted octanol–water partition coefficient (Wildman–Crippen LogP) is 2.41. The molecule has 0 aromatic heterocycles. The summed E-state index contributed by atoms with van der Waals surface area (Å²) in [6, 6.07) is 8.84. The maximum Gasteiger partial charge on any atom is 0.211 e. The van der Waals surface area contributed by atoms with Gasteiger partial charge in [-0.2, -0.15) is 0 Å². The van der Waals surface area contributed by atoms with Crippen molar-refractivity contribution < 1.29 is 8.42 Å². The number of rotatable bonds is 6. The van der Waals surface area contributed by atoms with Crippen LogP contribution in [-0.2, 0) is 10.0 Å². The summed E-state index contributed by atoms with van der Waals surface area (Å²) in [5.41, 5.74) is 2.52. The maximum atomic E-state index is 11.7. The van der Waals surface area contributed by atoms with Gasteiger partial charge in [-0.05, 0) is 49.8 Å². The second-order valence-electron chi connectivity index (χ2n) is 7.88. The van der Waals surface area contributed by atoms with Gasteiger partial charge in [-0.15, -0.1) is 24.0 Å². The highest BCUT2D eigenvalue weighted by molar-refractivity contribution is 14.0. The molecule has 0 aliphatic carbocycles. The SMILES string of the molecule is CN=C(NCC1CCN(S(C)(=O)=O)C1)NC(C)c1cccc(N2CCCC2)c1.I. The lowest BCUT2D eigenvalue weighted by atomic mass is 10.1. The Morgan fingerprint density at radius 2 is 2.00 bits per heavy atom. The van der Waals surface area contributed by atoms with E-state index in [2.05, 4.69) is 51.7 Å². The van der Waals surface area contributed by atoms with Gasteiger partial charge in [0.05, 0.1) is 12.3 Å². The molecular weight excluding hydrogens is 501 g/mol. The van der Waals surface area contributed by atoms with E-state index in [1.54, 1.807) is 11.4 Å². The van der Waals surface area contributed by atoms with Gasteiger partial charge in [0.15, 0.2) is 5.96 Å². The lowest BCUT2D eigenvalue weighted by Crippen LogP contribution is -2.41. The van der Waals surface area contributed by atoms with Gasteiger partial charge >= 0.3 is 0 Å². The van der Waals surface area contributed by atoms with Gasteiger partial charge in [0, 0.05) is 45.5 Å². The quantitative estimate of drug-likeness (QED) is 0.333. The summed E-state index contributed by atoms with van der Waals surface area (Å²) in [6.45, 7) is 6.32. The minimum atomic E-state index is -3.09. The smallest absolute Gasteiger partial charge is 0.211 e. The van der Waals surface area contributed by atoms with Gasteiger partial charge in [-0.3, -0.25) is 4.99 Å². The van der Waals surface area contributed by atoms with Gasteiger partial charge in [0.1, 0.15) is 0 Å². The Morgan fingerprint density at radius 1 is 1.28 bits per heavy atom. The highest BCUT2D eigenvalue weighted by Gasteiger charge is 2.28. The number of hydrogen-bond donors (Lipinski definition) is 2. The fourth-order valence-corrected chi connectivity index (χ4v) is 4.87. The number of benzene rings is 1. The molecule has 0 bridgehead atoms. The van der Waals surface area contributed by atoms with Gasteiger partial charge < -0.3 is 15.5 Å². The molecular formula is C20H34IN5O2S. The van der Waals surface area contributed by atoms with Gasteiger partial charge in [-0.1, -0.05) is 12.1 Å². The molecule has 0 amide bonds. The summed E-state index contributed by atoms with van der Waals surface area (Å²) in [4.78, 5) is 6.78. The number of halogens is 1. The van der Waals surface area contributed by atoms with E-state index in [-0.39, 0.29) is 30.0 Å². The first-order chi connectivity index (χ1) is 13.4. The number of anilines is 1. The first kappa shape index (κ1) is 24.2. The molecule has 2 unspecified atom stereocenters. The summed E-state index contributed by atoms with van der Waals surface area (Å²) in [5, 5.41) is 6.82. The zero-order chi connectivity index (χ0) is 20.1. The Kier molecular flexibility index (Phi) is 9.02. The second-order valence-corrected chi connectivity index (χ2v) is 9.87. The van der Waals surface area contributed by atoms with Gasteiger partial charge in [-0.25, -0.2) is 12.7 Å².